The summed E-state index contributed by atoms with van der Waals surface area (Å²) in [5.41, 5.74) is 4.10. The maximum absolute atomic E-state index is 13.7. The zero-order chi connectivity index (χ0) is 29.6. The first-order valence-electron chi connectivity index (χ1n) is 13.7. The third-order valence-corrected chi connectivity index (χ3v) is 7.92. The summed E-state index contributed by atoms with van der Waals surface area (Å²) in [4.78, 5) is 31.3. The number of amides is 2. The number of benzene rings is 4. The van der Waals surface area contributed by atoms with Gasteiger partial charge in [-0.2, -0.15) is 0 Å². The second kappa shape index (κ2) is 13.2. The standard InChI is InChI=1S/C33H32Cl2N4O3/c1-22(23-8-4-3-5-9-23)36-33(41)27-21-25(37-32(40)26-14-12-24(34)20-28(26)35)13-15-29(27)38-16-18-39(19-17-38)30-10-6-7-11-31(30)42-2/h3-15,20-22H,16-19H2,1-2H3,(H,36,41)(H,37,40). The molecule has 5 rings (SSSR count). The molecule has 4 aromatic rings. The highest BCUT2D eigenvalue weighted by Gasteiger charge is 2.25. The number of anilines is 3. The van der Waals surface area contributed by atoms with Gasteiger partial charge in [-0.25, -0.2) is 0 Å². The first-order chi connectivity index (χ1) is 20.3. The van der Waals surface area contributed by atoms with Crippen LogP contribution in [-0.2, 0) is 0 Å². The minimum absolute atomic E-state index is 0.208. The fourth-order valence-corrected chi connectivity index (χ4v) is 5.62. The van der Waals surface area contributed by atoms with Gasteiger partial charge in [0.05, 0.1) is 35.0 Å². The van der Waals surface area contributed by atoms with E-state index in [0.29, 0.717) is 34.9 Å². The third-order valence-electron chi connectivity index (χ3n) is 7.37. The van der Waals surface area contributed by atoms with Crippen LogP contribution in [0.2, 0.25) is 10.0 Å². The molecule has 9 heteroatoms. The lowest BCUT2D eigenvalue weighted by molar-refractivity contribution is 0.0939. The Morgan fingerprint density at radius 1 is 0.762 bits per heavy atom. The maximum atomic E-state index is 13.7. The van der Waals surface area contributed by atoms with E-state index in [2.05, 4.69) is 26.5 Å². The topological polar surface area (TPSA) is 73.9 Å². The van der Waals surface area contributed by atoms with Crippen molar-refractivity contribution in [2.45, 2.75) is 13.0 Å². The van der Waals surface area contributed by atoms with E-state index in [1.165, 1.54) is 6.07 Å². The quantitative estimate of drug-likeness (QED) is 0.225. The Morgan fingerprint density at radius 3 is 2.12 bits per heavy atom. The number of nitrogens with one attached hydrogen (secondary N) is 2. The lowest BCUT2D eigenvalue weighted by Gasteiger charge is -2.38. The Labute approximate surface area is 256 Å². The summed E-state index contributed by atoms with van der Waals surface area (Å²) in [6.45, 7) is 4.88. The summed E-state index contributed by atoms with van der Waals surface area (Å²) in [7, 11) is 1.68. The molecule has 1 saturated heterocycles. The molecular formula is C33H32Cl2N4O3. The molecule has 1 unspecified atom stereocenters. The molecule has 1 aliphatic rings. The van der Waals surface area contributed by atoms with Crippen molar-refractivity contribution < 1.29 is 14.3 Å². The molecule has 1 fully saturated rings. The van der Waals surface area contributed by atoms with Crippen LogP contribution in [0.4, 0.5) is 17.1 Å². The number of ether oxygens (including phenoxy) is 1. The summed E-state index contributed by atoms with van der Waals surface area (Å²) < 4.78 is 5.57. The van der Waals surface area contributed by atoms with Gasteiger partial charge in [0.1, 0.15) is 5.75 Å². The number of methoxy groups -OCH3 is 1. The van der Waals surface area contributed by atoms with E-state index >= 15 is 0 Å². The zero-order valence-corrected chi connectivity index (χ0v) is 25.0. The maximum Gasteiger partial charge on any atom is 0.257 e. The van der Waals surface area contributed by atoms with E-state index in [1.54, 1.807) is 31.4 Å². The van der Waals surface area contributed by atoms with Crippen LogP contribution < -0.4 is 25.2 Å². The molecule has 0 saturated carbocycles. The number of hydrogen-bond acceptors (Lipinski definition) is 5. The van der Waals surface area contributed by atoms with Gasteiger partial charge >= 0.3 is 0 Å². The van der Waals surface area contributed by atoms with E-state index in [1.807, 2.05) is 61.5 Å². The monoisotopic (exact) mass is 602 g/mol. The van der Waals surface area contributed by atoms with Crippen LogP contribution in [0.1, 0.15) is 39.2 Å². The molecule has 0 aromatic heterocycles. The molecule has 2 N–H and O–H groups in total. The fourth-order valence-electron chi connectivity index (χ4n) is 5.12. The molecule has 1 heterocycles. The summed E-state index contributed by atoms with van der Waals surface area (Å²) in [5, 5.41) is 6.70. The minimum Gasteiger partial charge on any atom is -0.495 e. The largest absolute Gasteiger partial charge is 0.495 e. The van der Waals surface area contributed by atoms with Crippen LogP contribution in [0.25, 0.3) is 0 Å². The molecule has 1 atom stereocenters. The first-order valence-corrected chi connectivity index (χ1v) is 14.5. The Kier molecular flexibility index (Phi) is 9.20. The molecule has 42 heavy (non-hydrogen) atoms. The number of halogens is 2. The van der Waals surface area contributed by atoms with Crippen molar-refractivity contribution in [3.63, 3.8) is 0 Å². The highest BCUT2D eigenvalue weighted by molar-refractivity contribution is 6.37. The van der Waals surface area contributed by atoms with Gasteiger partial charge in [0.25, 0.3) is 11.8 Å². The van der Waals surface area contributed by atoms with Crippen LogP contribution in [-0.4, -0.2) is 45.1 Å². The van der Waals surface area contributed by atoms with Gasteiger partial charge in [-0.05, 0) is 61.0 Å². The number of piperazine rings is 1. The van der Waals surface area contributed by atoms with Crippen molar-refractivity contribution in [3.8, 4) is 5.75 Å². The second-order valence-corrected chi connectivity index (χ2v) is 10.9. The van der Waals surface area contributed by atoms with Crippen molar-refractivity contribution in [1.29, 1.82) is 0 Å². The Bertz CT molecular complexity index is 1570. The molecule has 2 amide bonds. The van der Waals surface area contributed by atoms with E-state index in [9.17, 15) is 9.59 Å². The van der Waals surface area contributed by atoms with Gasteiger partial charge in [-0.1, -0.05) is 65.7 Å². The summed E-state index contributed by atoms with van der Waals surface area (Å²) in [6, 6.07) is 27.7. The van der Waals surface area contributed by atoms with Crippen LogP contribution in [0, 0.1) is 0 Å². The summed E-state index contributed by atoms with van der Waals surface area (Å²) >= 11 is 12.3. The Hall–Kier alpha value is -4.20. The smallest absolute Gasteiger partial charge is 0.257 e. The molecule has 0 spiro atoms. The number of carbonyl (C=O) groups is 2. The van der Waals surface area contributed by atoms with Gasteiger partial charge in [0.2, 0.25) is 0 Å². The molecule has 216 valence electrons. The van der Waals surface area contributed by atoms with Gasteiger partial charge in [-0.15, -0.1) is 0 Å². The lowest BCUT2D eigenvalue weighted by Crippen LogP contribution is -2.47. The van der Waals surface area contributed by atoms with Crippen LogP contribution >= 0.6 is 23.2 Å². The normalized spacial score (nSPS) is 13.8. The average Bonchev–Trinajstić information content (AvgIpc) is 3.01. The van der Waals surface area contributed by atoms with E-state index in [0.717, 1.165) is 35.8 Å². The average molecular weight is 604 g/mol. The van der Waals surface area contributed by atoms with Crippen molar-refractivity contribution in [2.24, 2.45) is 0 Å². The van der Waals surface area contributed by atoms with Gasteiger partial charge in [0.15, 0.2) is 0 Å². The van der Waals surface area contributed by atoms with E-state index in [-0.39, 0.29) is 22.9 Å². The summed E-state index contributed by atoms with van der Waals surface area (Å²) in [6.07, 6.45) is 0. The number of rotatable bonds is 8. The van der Waals surface area contributed by atoms with E-state index < -0.39 is 0 Å². The number of carbonyl (C=O) groups excluding carboxylic acids is 2. The van der Waals surface area contributed by atoms with Gasteiger partial charge in [-0.3, -0.25) is 9.59 Å². The third kappa shape index (κ3) is 6.64. The molecular weight excluding hydrogens is 571 g/mol. The van der Waals surface area contributed by atoms with Crippen molar-refractivity contribution >= 4 is 52.1 Å². The van der Waals surface area contributed by atoms with Crippen LogP contribution in [0.5, 0.6) is 5.75 Å². The number of para-hydroxylation sites is 2. The SMILES string of the molecule is COc1ccccc1N1CCN(c2ccc(NC(=O)c3ccc(Cl)cc3Cl)cc2C(=O)NC(C)c2ccccc2)CC1. The Morgan fingerprint density at radius 2 is 1.43 bits per heavy atom. The molecule has 0 radical (unpaired) electrons. The van der Waals surface area contributed by atoms with Crippen molar-refractivity contribution in [2.75, 3.05) is 48.4 Å². The second-order valence-electron chi connectivity index (χ2n) is 10.1. The molecule has 0 bridgehead atoms. The molecule has 7 nitrogen and oxygen atoms in total. The highest BCUT2D eigenvalue weighted by Crippen LogP contribution is 2.32. The number of hydrogen-bond donors (Lipinski definition) is 2. The van der Waals surface area contributed by atoms with E-state index in [4.69, 9.17) is 27.9 Å². The fraction of sp³-hybridized carbons (Fsp3) is 0.212. The van der Waals surface area contributed by atoms with Gasteiger partial charge < -0.3 is 25.2 Å². The highest BCUT2D eigenvalue weighted by atomic mass is 35.5. The van der Waals surface area contributed by atoms with Crippen molar-refractivity contribution in [1.82, 2.24) is 5.32 Å². The number of nitrogens with zero attached hydrogens (tertiary/aromatic N) is 2. The molecule has 0 aliphatic carbocycles. The predicted octanol–water partition coefficient (Wildman–Crippen LogP) is 7.07. The predicted molar refractivity (Wildman–Crippen MR) is 171 cm³/mol. The van der Waals surface area contributed by atoms with Crippen LogP contribution in [0.3, 0.4) is 0 Å². The Balaban J connectivity index is 1.40. The van der Waals surface area contributed by atoms with Crippen LogP contribution in [0.15, 0.2) is 91.0 Å². The lowest BCUT2D eigenvalue weighted by atomic mass is 10.1. The van der Waals surface area contributed by atoms with Gasteiger partial charge in [0, 0.05) is 42.6 Å². The molecule has 4 aromatic carbocycles. The zero-order valence-electron chi connectivity index (χ0n) is 23.4. The first kappa shape index (κ1) is 29.3. The minimum atomic E-state index is -0.390. The molecule has 1 aliphatic heterocycles. The summed E-state index contributed by atoms with van der Waals surface area (Å²) in [5.74, 6) is 0.217. The van der Waals surface area contributed by atoms with Crippen molar-refractivity contribution in [3.05, 3.63) is 118 Å².